The van der Waals surface area contributed by atoms with Crippen LogP contribution in [0.5, 0.6) is 5.75 Å². The second-order valence-electron chi connectivity index (χ2n) is 7.74. The number of hydrogen-bond acceptors (Lipinski definition) is 3. The first-order valence-corrected chi connectivity index (χ1v) is 10.1. The van der Waals surface area contributed by atoms with Gasteiger partial charge in [0.25, 0.3) is 5.91 Å². The second-order valence-corrected chi connectivity index (χ2v) is 7.74. The third-order valence-electron chi connectivity index (χ3n) is 5.26. The van der Waals surface area contributed by atoms with Crippen molar-refractivity contribution in [2.45, 2.75) is 45.9 Å². The Morgan fingerprint density at radius 3 is 2.34 bits per heavy atom. The van der Waals surface area contributed by atoms with Crippen molar-refractivity contribution in [3.05, 3.63) is 94.8 Å². The minimum Gasteiger partial charge on any atom is -0.488 e. The Morgan fingerprint density at radius 2 is 1.72 bits per heavy atom. The van der Waals surface area contributed by atoms with Gasteiger partial charge in [-0.25, -0.2) is 0 Å². The Morgan fingerprint density at radius 1 is 1.03 bits per heavy atom. The third kappa shape index (κ3) is 4.65. The Kier molecular flexibility index (Phi) is 5.61. The summed E-state index contributed by atoms with van der Waals surface area (Å²) in [6.45, 7) is 5.12. The van der Waals surface area contributed by atoms with Crippen LogP contribution >= 0.6 is 0 Å². The van der Waals surface area contributed by atoms with E-state index in [1.807, 2.05) is 61.2 Å². The lowest BCUT2D eigenvalue weighted by Gasteiger charge is -2.24. The standard InChI is InChI=1S/C25H26N2O2/c1-18-13-22(14-19(2)24(18)29-17-21-9-6-12-26-15-21)25(28)27(23-10-11-23)16-20-7-4-3-5-8-20/h3-9,12-15,23H,10-11,16-17H2,1-2H3. The van der Waals surface area contributed by atoms with Crippen LogP contribution in [0.15, 0.2) is 67.0 Å². The summed E-state index contributed by atoms with van der Waals surface area (Å²) in [6.07, 6.45) is 5.73. The number of ether oxygens (including phenoxy) is 1. The van der Waals surface area contributed by atoms with Gasteiger partial charge in [-0.2, -0.15) is 0 Å². The summed E-state index contributed by atoms with van der Waals surface area (Å²) in [4.78, 5) is 19.4. The fourth-order valence-corrected chi connectivity index (χ4v) is 3.64. The van der Waals surface area contributed by atoms with Crippen LogP contribution in [0, 0.1) is 13.8 Å². The van der Waals surface area contributed by atoms with Gasteiger partial charge in [-0.15, -0.1) is 0 Å². The molecule has 1 saturated carbocycles. The number of benzene rings is 2. The van der Waals surface area contributed by atoms with E-state index in [0.29, 0.717) is 19.2 Å². The van der Waals surface area contributed by atoms with Gasteiger partial charge in [-0.05, 0) is 61.6 Å². The smallest absolute Gasteiger partial charge is 0.254 e. The van der Waals surface area contributed by atoms with Crippen LogP contribution in [-0.2, 0) is 13.2 Å². The van der Waals surface area contributed by atoms with Gasteiger partial charge in [-0.3, -0.25) is 9.78 Å². The number of nitrogens with zero attached hydrogens (tertiary/aromatic N) is 2. The maximum absolute atomic E-state index is 13.3. The molecule has 0 atom stereocenters. The molecule has 1 fully saturated rings. The summed E-state index contributed by atoms with van der Waals surface area (Å²) in [6, 6.07) is 18.4. The molecule has 148 valence electrons. The third-order valence-corrected chi connectivity index (χ3v) is 5.26. The number of pyridine rings is 1. The summed E-state index contributed by atoms with van der Waals surface area (Å²) in [7, 11) is 0. The topological polar surface area (TPSA) is 42.4 Å². The van der Waals surface area contributed by atoms with E-state index >= 15 is 0 Å². The van der Waals surface area contributed by atoms with Crippen LogP contribution in [0.2, 0.25) is 0 Å². The van der Waals surface area contributed by atoms with Crippen LogP contribution in [0.1, 0.15) is 45.5 Å². The lowest BCUT2D eigenvalue weighted by atomic mass is 10.0. The lowest BCUT2D eigenvalue weighted by Crippen LogP contribution is -2.32. The molecule has 0 N–H and O–H groups in total. The maximum Gasteiger partial charge on any atom is 0.254 e. The number of aryl methyl sites for hydroxylation is 2. The molecule has 0 saturated heterocycles. The SMILES string of the molecule is Cc1cc(C(=O)N(Cc2ccccc2)C2CC2)cc(C)c1OCc1cccnc1. The van der Waals surface area contributed by atoms with Crippen molar-refractivity contribution >= 4 is 5.91 Å². The monoisotopic (exact) mass is 386 g/mol. The van der Waals surface area contributed by atoms with E-state index in [-0.39, 0.29) is 5.91 Å². The van der Waals surface area contributed by atoms with Gasteiger partial charge in [0.2, 0.25) is 0 Å². The predicted molar refractivity (Wildman–Crippen MR) is 114 cm³/mol. The average Bonchev–Trinajstić information content (AvgIpc) is 3.57. The molecule has 2 aromatic carbocycles. The Labute approximate surface area is 172 Å². The summed E-state index contributed by atoms with van der Waals surface area (Å²) >= 11 is 0. The zero-order chi connectivity index (χ0) is 20.2. The van der Waals surface area contributed by atoms with Crippen LogP contribution in [0.4, 0.5) is 0 Å². The molecule has 0 bridgehead atoms. The Balaban J connectivity index is 1.52. The van der Waals surface area contributed by atoms with E-state index in [2.05, 4.69) is 17.1 Å². The van der Waals surface area contributed by atoms with Crippen LogP contribution in [-0.4, -0.2) is 21.8 Å². The van der Waals surface area contributed by atoms with E-state index < -0.39 is 0 Å². The average molecular weight is 386 g/mol. The highest BCUT2D eigenvalue weighted by Crippen LogP contribution is 2.32. The molecule has 0 radical (unpaired) electrons. The number of hydrogen-bond donors (Lipinski definition) is 0. The van der Waals surface area contributed by atoms with E-state index in [0.717, 1.165) is 46.4 Å². The first kappa shape index (κ1) is 19.2. The van der Waals surface area contributed by atoms with Crippen molar-refractivity contribution in [3.63, 3.8) is 0 Å². The quantitative estimate of drug-likeness (QED) is 0.568. The van der Waals surface area contributed by atoms with Crippen LogP contribution in [0.3, 0.4) is 0 Å². The number of rotatable bonds is 7. The van der Waals surface area contributed by atoms with Gasteiger partial charge < -0.3 is 9.64 Å². The van der Waals surface area contributed by atoms with Gasteiger partial charge in [0, 0.05) is 36.1 Å². The van der Waals surface area contributed by atoms with Crippen molar-refractivity contribution in [1.82, 2.24) is 9.88 Å². The van der Waals surface area contributed by atoms with Crippen molar-refractivity contribution in [1.29, 1.82) is 0 Å². The molecule has 1 aromatic heterocycles. The zero-order valence-electron chi connectivity index (χ0n) is 17.0. The van der Waals surface area contributed by atoms with Crippen LogP contribution in [0.25, 0.3) is 0 Å². The highest BCUT2D eigenvalue weighted by molar-refractivity contribution is 5.95. The second kappa shape index (κ2) is 8.48. The maximum atomic E-state index is 13.3. The molecule has 1 amide bonds. The van der Waals surface area contributed by atoms with Crippen molar-refractivity contribution in [3.8, 4) is 5.75 Å². The lowest BCUT2D eigenvalue weighted by molar-refractivity contribution is 0.0729. The van der Waals surface area contributed by atoms with E-state index in [4.69, 9.17) is 4.74 Å². The molecule has 0 spiro atoms. The summed E-state index contributed by atoms with van der Waals surface area (Å²) in [5.74, 6) is 0.938. The molecular formula is C25H26N2O2. The van der Waals surface area contributed by atoms with E-state index in [9.17, 15) is 4.79 Å². The fourth-order valence-electron chi connectivity index (χ4n) is 3.64. The number of carbonyl (C=O) groups is 1. The summed E-state index contributed by atoms with van der Waals surface area (Å²) in [5, 5.41) is 0. The first-order valence-electron chi connectivity index (χ1n) is 10.1. The van der Waals surface area contributed by atoms with Crippen molar-refractivity contribution < 1.29 is 9.53 Å². The molecule has 29 heavy (non-hydrogen) atoms. The largest absolute Gasteiger partial charge is 0.488 e. The number of carbonyl (C=O) groups excluding carboxylic acids is 1. The zero-order valence-corrected chi connectivity index (χ0v) is 17.0. The first-order chi connectivity index (χ1) is 14.1. The van der Waals surface area contributed by atoms with Gasteiger partial charge >= 0.3 is 0 Å². The van der Waals surface area contributed by atoms with E-state index in [1.54, 1.807) is 12.4 Å². The fraction of sp³-hybridized carbons (Fsp3) is 0.280. The molecule has 4 heteroatoms. The van der Waals surface area contributed by atoms with Gasteiger partial charge in [-0.1, -0.05) is 36.4 Å². The Hall–Kier alpha value is -3.14. The highest BCUT2D eigenvalue weighted by atomic mass is 16.5. The molecular weight excluding hydrogens is 360 g/mol. The molecule has 1 heterocycles. The minimum absolute atomic E-state index is 0.0985. The Bertz CT molecular complexity index is 959. The number of aromatic nitrogens is 1. The molecule has 4 rings (SSSR count). The molecule has 3 aromatic rings. The highest BCUT2D eigenvalue weighted by Gasteiger charge is 2.33. The summed E-state index contributed by atoms with van der Waals surface area (Å²) < 4.78 is 6.04. The van der Waals surface area contributed by atoms with E-state index in [1.165, 1.54) is 0 Å². The molecule has 0 unspecified atom stereocenters. The molecule has 1 aliphatic carbocycles. The molecule has 4 nitrogen and oxygen atoms in total. The van der Waals surface area contributed by atoms with Gasteiger partial charge in [0.05, 0.1) is 0 Å². The summed E-state index contributed by atoms with van der Waals surface area (Å²) in [5.41, 5.74) is 4.88. The minimum atomic E-state index is 0.0985. The number of amides is 1. The van der Waals surface area contributed by atoms with Gasteiger partial charge in [0.1, 0.15) is 12.4 Å². The molecule has 1 aliphatic rings. The van der Waals surface area contributed by atoms with Crippen LogP contribution < -0.4 is 4.74 Å². The van der Waals surface area contributed by atoms with Crippen molar-refractivity contribution in [2.24, 2.45) is 0 Å². The van der Waals surface area contributed by atoms with Gasteiger partial charge in [0.15, 0.2) is 0 Å². The normalized spacial score (nSPS) is 13.2. The van der Waals surface area contributed by atoms with Crippen molar-refractivity contribution in [2.75, 3.05) is 0 Å². The predicted octanol–water partition coefficient (Wildman–Crippen LogP) is 5.08. The molecule has 0 aliphatic heterocycles.